The van der Waals surface area contributed by atoms with E-state index in [0.29, 0.717) is 13.1 Å². The first kappa shape index (κ1) is 16.9. The minimum atomic E-state index is -3.09. The zero-order valence-corrected chi connectivity index (χ0v) is 14.8. The van der Waals surface area contributed by atoms with Gasteiger partial charge in [-0.2, -0.15) is 0 Å². The van der Waals surface area contributed by atoms with Crippen LogP contribution >= 0.6 is 0 Å². The van der Waals surface area contributed by atoms with Gasteiger partial charge in [0.1, 0.15) is 0 Å². The van der Waals surface area contributed by atoms with Gasteiger partial charge in [0.15, 0.2) is 0 Å². The Kier molecular flexibility index (Phi) is 4.78. The van der Waals surface area contributed by atoms with Crippen LogP contribution in [0.4, 0.5) is 0 Å². The summed E-state index contributed by atoms with van der Waals surface area (Å²) in [6.45, 7) is 5.96. The average Bonchev–Trinajstić information content (AvgIpc) is 2.47. The predicted octanol–water partition coefficient (Wildman–Crippen LogP) is 1.70. The van der Waals surface area contributed by atoms with Gasteiger partial charge in [0, 0.05) is 32.7 Å². The molecule has 23 heavy (non-hydrogen) atoms. The molecule has 0 amide bonds. The molecule has 0 bridgehead atoms. The SMILES string of the molecule is CC1CN(Cc2ccccc2)CC2(CCN(S(C)(=O)=O)CC2)O1. The lowest BCUT2D eigenvalue weighted by Crippen LogP contribution is -2.59. The molecule has 2 saturated heterocycles. The second kappa shape index (κ2) is 6.51. The highest BCUT2D eigenvalue weighted by Gasteiger charge is 2.43. The molecule has 1 spiro atoms. The monoisotopic (exact) mass is 338 g/mol. The molecule has 6 heteroatoms. The Labute approximate surface area is 139 Å². The summed E-state index contributed by atoms with van der Waals surface area (Å²) >= 11 is 0. The highest BCUT2D eigenvalue weighted by atomic mass is 32.2. The van der Waals surface area contributed by atoms with Crippen LogP contribution < -0.4 is 0 Å². The fourth-order valence-electron chi connectivity index (χ4n) is 3.80. The summed E-state index contributed by atoms with van der Waals surface area (Å²) in [5.41, 5.74) is 1.11. The Morgan fingerprint density at radius 3 is 2.48 bits per heavy atom. The molecule has 5 nitrogen and oxygen atoms in total. The van der Waals surface area contributed by atoms with Gasteiger partial charge in [-0.15, -0.1) is 0 Å². The van der Waals surface area contributed by atoms with Gasteiger partial charge in [-0.25, -0.2) is 12.7 Å². The van der Waals surface area contributed by atoms with E-state index in [4.69, 9.17) is 4.74 Å². The molecule has 1 aromatic carbocycles. The summed E-state index contributed by atoms with van der Waals surface area (Å²) in [6, 6.07) is 10.5. The van der Waals surface area contributed by atoms with Crippen molar-refractivity contribution in [2.24, 2.45) is 0 Å². The molecule has 2 heterocycles. The minimum absolute atomic E-state index is 0.178. The maximum atomic E-state index is 11.7. The first-order valence-corrected chi connectivity index (χ1v) is 10.1. The third-order valence-corrected chi connectivity index (χ3v) is 6.13. The number of benzene rings is 1. The van der Waals surface area contributed by atoms with Crippen LogP contribution in [0, 0.1) is 0 Å². The van der Waals surface area contributed by atoms with Crippen molar-refractivity contribution >= 4 is 10.0 Å². The molecule has 128 valence electrons. The lowest BCUT2D eigenvalue weighted by atomic mass is 9.89. The molecule has 1 unspecified atom stereocenters. The van der Waals surface area contributed by atoms with Gasteiger partial charge in [0.25, 0.3) is 0 Å². The minimum Gasteiger partial charge on any atom is -0.369 e. The van der Waals surface area contributed by atoms with E-state index in [1.54, 1.807) is 4.31 Å². The van der Waals surface area contributed by atoms with E-state index in [0.717, 1.165) is 32.5 Å². The zero-order chi connectivity index (χ0) is 16.5. The fraction of sp³-hybridized carbons (Fsp3) is 0.647. The van der Waals surface area contributed by atoms with Gasteiger partial charge in [-0.05, 0) is 25.3 Å². The van der Waals surface area contributed by atoms with Gasteiger partial charge >= 0.3 is 0 Å². The highest BCUT2D eigenvalue weighted by molar-refractivity contribution is 7.88. The maximum absolute atomic E-state index is 11.7. The summed E-state index contributed by atoms with van der Waals surface area (Å²) in [5, 5.41) is 0. The first-order chi connectivity index (χ1) is 10.9. The average molecular weight is 338 g/mol. The van der Waals surface area contributed by atoms with Crippen molar-refractivity contribution in [3.63, 3.8) is 0 Å². The molecular weight excluding hydrogens is 312 g/mol. The molecule has 0 saturated carbocycles. The third-order valence-electron chi connectivity index (χ3n) is 4.83. The molecule has 2 fully saturated rings. The largest absolute Gasteiger partial charge is 0.369 e. The van der Waals surface area contributed by atoms with Crippen LogP contribution in [-0.2, 0) is 21.3 Å². The standard InChI is InChI=1S/C17H26N2O3S/c1-15-12-18(13-16-6-4-3-5-7-16)14-17(22-15)8-10-19(11-9-17)23(2,20)21/h3-7,15H,8-14H2,1-2H3. The van der Waals surface area contributed by atoms with Crippen molar-refractivity contribution < 1.29 is 13.2 Å². The molecule has 0 aromatic heterocycles. The number of rotatable bonds is 3. The van der Waals surface area contributed by atoms with E-state index < -0.39 is 10.0 Å². The van der Waals surface area contributed by atoms with Crippen molar-refractivity contribution in [1.82, 2.24) is 9.21 Å². The van der Waals surface area contributed by atoms with Crippen LogP contribution in [0.3, 0.4) is 0 Å². The molecule has 0 radical (unpaired) electrons. The van der Waals surface area contributed by atoms with Crippen molar-refractivity contribution in [2.45, 2.75) is 38.0 Å². The number of morpholine rings is 1. The van der Waals surface area contributed by atoms with Crippen molar-refractivity contribution in [2.75, 3.05) is 32.4 Å². The molecule has 1 atom stereocenters. The van der Waals surface area contributed by atoms with Gasteiger partial charge in [-0.3, -0.25) is 4.90 Å². The number of sulfonamides is 1. The number of nitrogens with zero attached hydrogens (tertiary/aromatic N) is 2. The Bertz CT molecular complexity index is 624. The van der Waals surface area contributed by atoms with E-state index in [1.165, 1.54) is 11.8 Å². The highest BCUT2D eigenvalue weighted by Crippen LogP contribution is 2.33. The summed E-state index contributed by atoms with van der Waals surface area (Å²) < 4.78 is 31.3. The molecule has 0 N–H and O–H groups in total. The van der Waals surface area contributed by atoms with E-state index in [9.17, 15) is 8.42 Å². The summed E-state index contributed by atoms with van der Waals surface area (Å²) in [5.74, 6) is 0. The van der Waals surface area contributed by atoms with Gasteiger partial charge in [0.2, 0.25) is 10.0 Å². The normalized spacial score (nSPS) is 26.4. The fourth-order valence-corrected chi connectivity index (χ4v) is 4.65. The number of ether oxygens (including phenoxy) is 1. The van der Waals surface area contributed by atoms with Crippen LogP contribution in [0.15, 0.2) is 30.3 Å². The van der Waals surface area contributed by atoms with Crippen LogP contribution in [0.2, 0.25) is 0 Å². The maximum Gasteiger partial charge on any atom is 0.211 e. The number of hydrogen-bond acceptors (Lipinski definition) is 4. The molecule has 2 aliphatic rings. The molecule has 1 aromatic rings. The van der Waals surface area contributed by atoms with E-state index in [2.05, 4.69) is 36.1 Å². The molecular formula is C17H26N2O3S. The van der Waals surface area contributed by atoms with Gasteiger partial charge in [-0.1, -0.05) is 30.3 Å². The lowest BCUT2D eigenvalue weighted by molar-refractivity contribution is -0.167. The first-order valence-electron chi connectivity index (χ1n) is 8.26. The smallest absolute Gasteiger partial charge is 0.211 e. The Morgan fingerprint density at radius 1 is 1.22 bits per heavy atom. The summed E-state index contributed by atoms with van der Waals surface area (Å²) in [6.07, 6.45) is 3.01. The van der Waals surface area contributed by atoms with Crippen molar-refractivity contribution in [3.05, 3.63) is 35.9 Å². The Hall–Kier alpha value is -0.950. The quantitative estimate of drug-likeness (QED) is 0.842. The van der Waals surface area contributed by atoms with E-state index in [1.807, 2.05) is 6.07 Å². The van der Waals surface area contributed by atoms with Crippen molar-refractivity contribution in [1.29, 1.82) is 0 Å². The summed E-state index contributed by atoms with van der Waals surface area (Å²) in [4.78, 5) is 2.44. The van der Waals surface area contributed by atoms with Crippen LogP contribution in [-0.4, -0.2) is 61.8 Å². The van der Waals surface area contributed by atoms with Crippen LogP contribution in [0.25, 0.3) is 0 Å². The Morgan fingerprint density at radius 2 is 1.87 bits per heavy atom. The second-order valence-electron chi connectivity index (χ2n) is 6.93. The third kappa shape index (κ3) is 4.12. The van der Waals surface area contributed by atoms with Crippen LogP contribution in [0.5, 0.6) is 0 Å². The zero-order valence-electron chi connectivity index (χ0n) is 13.9. The number of piperidine rings is 1. The molecule has 3 rings (SSSR count). The van der Waals surface area contributed by atoms with E-state index >= 15 is 0 Å². The predicted molar refractivity (Wildman–Crippen MR) is 90.6 cm³/mol. The van der Waals surface area contributed by atoms with Gasteiger partial charge in [0.05, 0.1) is 18.0 Å². The molecule has 0 aliphatic carbocycles. The summed E-state index contributed by atoms with van der Waals surface area (Å²) in [7, 11) is -3.09. The van der Waals surface area contributed by atoms with E-state index in [-0.39, 0.29) is 11.7 Å². The lowest BCUT2D eigenvalue weighted by Gasteiger charge is -2.49. The van der Waals surface area contributed by atoms with Crippen molar-refractivity contribution in [3.8, 4) is 0 Å². The van der Waals surface area contributed by atoms with Crippen LogP contribution in [0.1, 0.15) is 25.3 Å². The number of hydrogen-bond donors (Lipinski definition) is 0. The van der Waals surface area contributed by atoms with Gasteiger partial charge < -0.3 is 4.74 Å². The topological polar surface area (TPSA) is 49.9 Å². The second-order valence-corrected chi connectivity index (χ2v) is 8.91. The molecule has 2 aliphatic heterocycles. The Balaban J connectivity index is 1.67.